The molecule has 0 heterocycles. The van der Waals surface area contributed by atoms with Crippen LogP contribution in [0.25, 0.3) is 0 Å². The largest absolute Gasteiger partial charge is 0.396 e. The fourth-order valence-electron chi connectivity index (χ4n) is 2.66. The smallest absolute Gasteiger partial charge is 0.0704 e. The predicted molar refractivity (Wildman–Crippen MR) is 68.1 cm³/mol. The number of hydrogen-bond donors (Lipinski definition) is 1. The van der Waals surface area contributed by atoms with E-state index in [-0.39, 0.29) is 12.7 Å². The minimum atomic E-state index is 0.213. The van der Waals surface area contributed by atoms with Crippen molar-refractivity contribution in [2.24, 2.45) is 11.8 Å². The molecule has 1 saturated carbocycles. The van der Waals surface area contributed by atoms with Gasteiger partial charge in [0.05, 0.1) is 19.3 Å². The molecule has 4 nitrogen and oxygen atoms in total. The molecule has 4 heteroatoms. The van der Waals surface area contributed by atoms with Crippen LogP contribution in [0.1, 0.15) is 19.8 Å². The SMILES string of the molecule is CCOCCO[C@@H]1C[C@@H](CN(C)C)C[C@H]1CO. The number of aliphatic hydroxyl groups is 1. The second-order valence-corrected chi connectivity index (χ2v) is 5.15. The van der Waals surface area contributed by atoms with Gasteiger partial charge in [0.2, 0.25) is 0 Å². The number of aliphatic hydroxyl groups excluding tert-OH is 1. The van der Waals surface area contributed by atoms with E-state index in [2.05, 4.69) is 19.0 Å². The highest BCUT2D eigenvalue weighted by atomic mass is 16.5. The maximum absolute atomic E-state index is 9.37. The molecule has 0 aromatic carbocycles. The van der Waals surface area contributed by atoms with Crippen molar-refractivity contribution in [2.45, 2.75) is 25.9 Å². The highest BCUT2D eigenvalue weighted by molar-refractivity contribution is 4.85. The third kappa shape index (κ3) is 5.34. The van der Waals surface area contributed by atoms with Crippen LogP contribution < -0.4 is 0 Å². The molecule has 1 fully saturated rings. The molecule has 0 bridgehead atoms. The summed E-state index contributed by atoms with van der Waals surface area (Å²) in [6.07, 6.45) is 2.36. The van der Waals surface area contributed by atoms with Gasteiger partial charge in [0.15, 0.2) is 0 Å². The molecule has 0 aliphatic heterocycles. The monoisotopic (exact) mass is 245 g/mol. The van der Waals surface area contributed by atoms with Gasteiger partial charge in [0, 0.05) is 25.7 Å². The Morgan fingerprint density at radius 2 is 2.00 bits per heavy atom. The maximum atomic E-state index is 9.37. The fourth-order valence-corrected chi connectivity index (χ4v) is 2.66. The summed E-state index contributed by atoms with van der Waals surface area (Å²) in [7, 11) is 4.19. The molecule has 1 aliphatic rings. The predicted octanol–water partition coefficient (Wildman–Crippen LogP) is 0.988. The van der Waals surface area contributed by atoms with Crippen LogP contribution in [0.4, 0.5) is 0 Å². The Labute approximate surface area is 105 Å². The van der Waals surface area contributed by atoms with E-state index in [9.17, 15) is 5.11 Å². The summed E-state index contributed by atoms with van der Waals surface area (Å²) in [6.45, 7) is 5.35. The topological polar surface area (TPSA) is 41.9 Å². The summed E-state index contributed by atoms with van der Waals surface area (Å²) in [5.74, 6) is 0.959. The van der Waals surface area contributed by atoms with E-state index in [0.29, 0.717) is 25.0 Å². The lowest BCUT2D eigenvalue weighted by Gasteiger charge is -2.18. The van der Waals surface area contributed by atoms with Gasteiger partial charge in [0.25, 0.3) is 0 Å². The number of rotatable bonds is 8. The molecule has 102 valence electrons. The third-order valence-corrected chi connectivity index (χ3v) is 3.35. The highest BCUT2D eigenvalue weighted by Crippen LogP contribution is 2.33. The average Bonchev–Trinajstić information content (AvgIpc) is 2.66. The fraction of sp³-hybridized carbons (Fsp3) is 1.00. The van der Waals surface area contributed by atoms with Crippen LogP contribution in [-0.2, 0) is 9.47 Å². The van der Waals surface area contributed by atoms with Crippen LogP contribution in [0.5, 0.6) is 0 Å². The summed E-state index contributed by atoms with van der Waals surface area (Å²) in [5.41, 5.74) is 0. The van der Waals surface area contributed by atoms with Crippen molar-refractivity contribution in [1.82, 2.24) is 4.90 Å². The maximum Gasteiger partial charge on any atom is 0.0704 e. The highest BCUT2D eigenvalue weighted by Gasteiger charge is 2.34. The van der Waals surface area contributed by atoms with Crippen molar-refractivity contribution >= 4 is 0 Å². The van der Waals surface area contributed by atoms with Crippen molar-refractivity contribution < 1.29 is 14.6 Å². The Bertz CT molecular complexity index is 199. The van der Waals surface area contributed by atoms with Gasteiger partial charge in [-0.1, -0.05) is 0 Å². The van der Waals surface area contributed by atoms with Crippen molar-refractivity contribution in [3.63, 3.8) is 0 Å². The van der Waals surface area contributed by atoms with Gasteiger partial charge < -0.3 is 19.5 Å². The van der Waals surface area contributed by atoms with Crippen molar-refractivity contribution in [3.8, 4) is 0 Å². The van der Waals surface area contributed by atoms with Gasteiger partial charge in [-0.05, 0) is 39.8 Å². The number of hydrogen-bond acceptors (Lipinski definition) is 4. The lowest BCUT2D eigenvalue weighted by molar-refractivity contribution is -0.0199. The van der Waals surface area contributed by atoms with E-state index in [1.165, 1.54) is 0 Å². The molecule has 0 radical (unpaired) electrons. The number of nitrogens with zero attached hydrogens (tertiary/aromatic N) is 1. The minimum absolute atomic E-state index is 0.213. The molecule has 1 aliphatic carbocycles. The lowest BCUT2D eigenvalue weighted by Crippen LogP contribution is -2.23. The van der Waals surface area contributed by atoms with Gasteiger partial charge in [0.1, 0.15) is 0 Å². The normalized spacial score (nSPS) is 29.1. The van der Waals surface area contributed by atoms with Crippen LogP contribution in [0.15, 0.2) is 0 Å². The molecule has 0 aromatic heterocycles. The zero-order valence-corrected chi connectivity index (χ0v) is 11.4. The molecule has 1 N–H and O–H groups in total. The second kappa shape index (κ2) is 8.03. The Kier molecular flexibility index (Phi) is 7.04. The molecule has 0 unspecified atom stereocenters. The quantitative estimate of drug-likeness (QED) is 0.648. The third-order valence-electron chi connectivity index (χ3n) is 3.35. The Balaban J connectivity index is 2.27. The molecule has 0 amide bonds. The summed E-state index contributed by atoms with van der Waals surface area (Å²) >= 11 is 0. The van der Waals surface area contributed by atoms with E-state index >= 15 is 0 Å². The lowest BCUT2D eigenvalue weighted by atomic mass is 10.1. The van der Waals surface area contributed by atoms with Crippen molar-refractivity contribution in [1.29, 1.82) is 0 Å². The number of ether oxygens (including phenoxy) is 2. The first kappa shape index (κ1) is 14.9. The van der Waals surface area contributed by atoms with Crippen molar-refractivity contribution in [3.05, 3.63) is 0 Å². The summed E-state index contributed by atoms with van der Waals surface area (Å²) in [6, 6.07) is 0. The van der Waals surface area contributed by atoms with E-state index in [1.807, 2.05) is 6.92 Å². The van der Waals surface area contributed by atoms with E-state index < -0.39 is 0 Å². The zero-order chi connectivity index (χ0) is 12.7. The summed E-state index contributed by atoms with van der Waals surface area (Å²) in [4.78, 5) is 2.21. The van der Waals surface area contributed by atoms with Crippen LogP contribution in [0.3, 0.4) is 0 Å². The van der Waals surface area contributed by atoms with Crippen LogP contribution in [-0.4, -0.2) is 63.2 Å². The van der Waals surface area contributed by atoms with Gasteiger partial charge in [-0.2, -0.15) is 0 Å². The Hall–Kier alpha value is -0.160. The molecule has 0 saturated heterocycles. The van der Waals surface area contributed by atoms with Gasteiger partial charge in [-0.25, -0.2) is 0 Å². The zero-order valence-electron chi connectivity index (χ0n) is 11.4. The standard InChI is InChI=1S/C13H27NO3/c1-4-16-5-6-17-13-8-11(9-14(2)3)7-12(13)10-15/h11-13,15H,4-10H2,1-3H3/t11-,12-,13+/m0/s1. The minimum Gasteiger partial charge on any atom is -0.396 e. The molecule has 17 heavy (non-hydrogen) atoms. The van der Waals surface area contributed by atoms with E-state index in [1.54, 1.807) is 0 Å². The first-order valence-corrected chi connectivity index (χ1v) is 6.62. The molecule has 3 atom stereocenters. The van der Waals surface area contributed by atoms with Gasteiger partial charge >= 0.3 is 0 Å². The summed E-state index contributed by atoms with van der Waals surface area (Å²) < 4.78 is 11.1. The molecule has 0 spiro atoms. The molecule has 0 aromatic rings. The Morgan fingerprint density at radius 1 is 1.24 bits per heavy atom. The molecule has 1 rings (SSSR count). The summed E-state index contributed by atoms with van der Waals surface area (Å²) in [5, 5.41) is 9.37. The van der Waals surface area contributed by atoms with E-state index in [4.69, 9.17) is 9.47 Å². The van der Waals surface area contributed by atoms with E-state index in [0.717, 1.165) is 26.0 Å². The van der Waals surface area contributed by atoms with Crippen LogP contribution >= 0.6 is 0 Å². The first-order valence-electron chi connectivity index (χ1n) is 6.62. The van der Waals surface area contributed by atoms with Crippen molar-refractivity contribution in [2.75, 3.05) is 47.1 Å². The average molecular weight is 245 g/mol. The van der Waals surface area contributed by atoms with Crippen LogP contribution in [0.2, 0.25) is 0 Å². The van der Waals surface area contributed by atoms with Gasteiger partial charge in [-0.3, -0.25) is 0 Å². The van der Waals surface area contributed by atoms with Gasteiger partial charge in [-0.15, -0.1) is 0 Å². The molecular weight excluding hydrogens is 218 g/mol. The first-order chi connectivity index (χ1) is 8.17. The van der Waals surface area contributed by atoms with Crippen LogP contribution in [0, 0.1) is 11.8 Å². The Morgan fingerprint density at radius 3 is 2.59 bits per heavy atom. The molecular formula is C13H27NO3. The second-order valence-electron chi connectivity index (χ2n) is 5.15.